The van der Waals surface area contributed by atoms with Crippen molar-refractivity contribution in [2.24, 2.45) is 23.7 Å². The van der Waals surface area contributed by atoms with Crippen molar-refractivity contribution >= 4 is 60.8 Å². The topological polar surface area (TPSA) is 186 Å². The number of hydrogen-bond donors (Lipinski definition) is 0. The molecule has 1 saturated heterocycles. The SMILES string of the molecule is [B]c1ccc(C[C@H]2OC(=O)[C@H](CC(C)C)N(C)C(=O)[C@@H](C)OC(=O)[C@H](CC(C)C)N(C)C(=O)[C@@H](Cc3ccccc3)OC(=O)[C@H](CC(C)C)N(C)C(=O)[C@@H](C)OC(=O)[C@H](CC(C)C)N(C)C2=O)cc1. The third kappa shape index (κ3) is 16.7. The van der Waals surface area contributed by atoms with Crippen molar-refractivity contribution in [1.29, 1.82) is 0 Å². The Morgan fingerprint density at radius 2 is 0.696 bits per heavy atom. The summed E-state index contributed by atoms with van der Waals surface area (Å²) in [5.74, 6) is -7.29. The second-order valence-corrected chi connectivity index (χ2v) is 20.0. The molecule has 8 atom stereocenters. The summed E-state index contributed by atoms with van der Waals surface area (Å²) >= 11 is 0. The summed E-state index contributed by atoms with van der Waals surface area (Å²) in [6.45, 7) is 17.5. The molecule has 1 fully saturated rings. The molecule has 2 aromatic carbocycles. The lowest BCUT2D eigenvalue weighted by Crippen LogP contribution is -2.55. The van der Waals surface area contributed by atoms with Crippen LogP contribution in [0.2, 0.25) is 0 Å². The van der Waals surface area contributed by atoms with Gasteiger partial charge in [-0.1, -0.05) is 115 Å². The molecule has 2 radical (unpaired) electrons. The van der Waals surface area contributed by atoms with Crippen LogP contribution in [0.4, 0.5) is 0 Å². The number of ether oxygens (including phenoxy) is 4. The predicted octanol–water partition coefficient (Wildman–Crippen LogP) is 4.46. The van der Waals surface area contributed by atoms with E-state index < -0.39 is 96.1 Å². The third-order valence-electron chi connectivity index (χ3n) is 12.1. The average molecular weight is 959 g/mol. The van der Waals surface area contributed by atoms with Gasteiger partial charge < -0.3 is 38.5 Å². The summed E-state index contributed by atoms with van der Waals surface area (Å²) in [4.78, 5) is 120. The minimum atomic E-state index is -1.52. The molecule has 0 unspecified atom stereocenters. The van der Waals surface area contributed by atoms with E-state index in [1.807, 2.05) is 55.4 Å². The van der Waals surface area contributed by atoms with Gasteiger partial charge in [-0.05, 0) is 74.3 Å². The zero-order valence-electron chi connectivity index (χ0n) is 43.1. The van der Waals surface area contributed by atoms with Gasteiger partial charge in [-0.3, -0.25) is 19.2 Å². The summed E-state index contributed by atoms with van der Waals surface area (Å²) in [5, 5.41) is 0. The van der Waals surface area contributed by atoms with E-state index in [4.69, 9.17) is 26.8 Å². The van der Waals surface area contributed by atoms with Gasteiger partial charge >= 0.3 is 23.9 Å². The molecule has 378 valence electrons. The fraction of sp³-hybridized carbons (Fsp3) is 0.615. The molecule has 1 aliphatic rings. The summed E-state index contributed by atoms with van der Waals surface area (Å²) in [7, 11) is 11.5. The van der Waals surface area contributed by atoms with Crippen LogP contribution in [-0.2, 0) is 70.1 Å². The molecule has 0 aromatic heterocycles. The van der Waals surface area contributed by atoms with Crippen LogP contribution in [0.3, 0.4) is 0 Å². The zero-order chi connectivity index (χ0) is 52.0. The number of benzene rings is 2. The Balaban J connectivity index is 2.25. The van der Waals surface area contributed by atoms with Crippen LogP contribution in [-0.4, -0.2) is 152 Å². The Bertz CT molecular complexity index is 2060. The highest BCUT2D eigenvalue weighted by Gasteiger charge is 2.43. The zero-order valence-corrected chi connectivity index (χ0v) is 43.1. The average Bonchev–Trinajstić information content (AvgIpc) is 3.28. The van der Waals surface area contributed by atoms with E-state index in [0.717, 1.165) is 19.6 Å². The normalized spacial score (nSPS) is 25.0. The van der Waals surface area contributed by atoms with Crippen LogP contribution >= 0.6 is 0 Å². The lowest BCUT2D eigenvalue weighted by Gasteiger charge is -2.35. The number of nitrogens with zero attached hydrogens (tertiary/aromatic N) is 4. The number of cyclic esters (lactones) is 4. The molecule has 0 spiro atoms. The minimum Gasteiger partial charge on any atom is -0.451 e. The molecule has 3 rings (SSSR count). The van der Waals surface area contributed by atoms with E-state index >= 15 is 0 Å². The minimum absolute atomic E-state index is 0.0867. The molecule has 2 aromatic rings. The number of hydrogen-bond acceptors (Lipinski definition) is 12. The first kappa shape index (κ1) is 57.6. The Kier molecular flexibility index (Phi) is 21.9. The van der Waals surface area contributed by atoms with Crippen LogP contribution in [0.5, 0.6) is 0 Å². The largest absolute Gasteiger partial charge is 0.451 e. The maximum Gasteiger partial charge on any atom is 0.329 e. The monoisotopic (exact) mass is 959 g/mol. The molecular formula is C52H75BN4O12. The lowest BCUT2D eigenvalue weighted by atomic mass is 9.94. The molecule has 69 heavy (non-hydrogen) atoms. The number of carbonyl (C=O) groups excluding carboxylic acids is 8. The maximum atomic E-state index is 14.7. The highest BCUT2D eigenvalue weighted by atomic mass is 16.6. The molecular weight excluding hydrogens is 883 g/mol. The first-order chi connectivity index (χ1) is 32.2. The Labute approximate surface area is 410 Å². The van der Waals surface area contributed by atoms with Crippen LogP contribution in [0.25, 0.3) is 0 Å². The van der Waals surface area contributed by atoms with Crippen LogP contribution in [0.15, 0.2) is 54.6 Å². The fourth-order valence-electron chi connectivity index (χ4n) is 8.18. The Morgan fingerprint density at radius 3 is 1.00 bits per heavy atom. The molecule has 1 heterocycles. The molecule has 17 heteroatoms. The molecule has 0 bridgehead atoms. The van der Waals surface area contributed by atoms with Crippen LogP contribution in [0.1, 0.15) is 106 Å². The first-order valence-electron chi connectivity index (χ1n) is 24.0. The van der Waals surface area contributed by atoms with Crippen molar-refractivity contribution in [3.05, 3.63) is 65.7 Å². The van der Waals surface area contributed by atoms with E-state index in [9.17, 15) is 38.4 Å². The fourth-order valence-corrected chi connectivity index (χ4v) is 8.18. The molecule has 16 nitrogen and oxygen atoms in total. The highest BCUT2D eigenvalue weighted by Crippen LogP contribution is 2.24. The van der Waals surface area contributed by atoms with Gasteiger partial charge in [0.1, 0.15) is 32.0 Å². The molecule has 1 aliphatic heterocycles. The van der Waals surface area contributed by atoms with E-state index in [1.165, 1.54) is 42.0 Å². The van der Waals surface area contributed by atoms with Crippen LogP contribution in [0, 0.1) is 23.7 Å². The van der Waals surface area contributed by atoms with Gasteiger partial charge in [0.25, 0.3) is 23.6 Å². The number of esters is 4. The molecule has 0 aliphatic carbocycles. The van der Waals surface area contributed by atoms with E-state index in [1.54, 1.807) is 54.6 Å². The molecule has 0 saturated carbocycles. The quantitative estimate of drug-likeness (QED) is 0.166. The third-order valence-corrected chi connectivity index (χ3v) is 12.1. The van der Waals surface area contributed by atoms with Crippen LogP contribution < -0.4 is 5.46 Å². The van der Waals surface area contributed by atoms with Crippen molar-refractivity contribution in [2.45, 2.75) is 156 Å². The van der Waals surface area contributed by atoms with E-state index in [-0.39, 0.29) is 62.2 Å². The summed E-state index contributed by atoms with van der Waals surface area (Å²) < 4.78 is 23.8. The summed E-state index contributed by atoms with van der Waals surface area (Å²) in [6, 6.07) is 10.4. The second kappa shape index (κ2) is 26.3. The Morgan fingerprint density at radius 1 is 0.420 bits per heavy atom. The highest BCUT2D eigenvalue weighted by molar-refractivity contribution is 6.32. The van der Waals surface area contributed by atoms with Gasteiger partial charge in [0.15, 0.2) is 24.4 Å². The van der Waals surface area contributed by atoms with Crippen molar-refractivity contribution in [1.82, 2.24) is 19.6 Å². The smallest absolute Gasteiger partial charge is 0.329 e. The molecule has 0 N–H and O–H groups in total. The van der Waals surface area contributed by atoms with Gasteiger partial charge in [-0.15, -0.1) is 0 Å². The van der Waals surface area contributed by atoms with Crippen molar-refractivity contribution in [3.8, 4) is 0 Å². The molecule has 4 amide bonds. The van der Waals surface area contributed by atoms with E-state index in [0.29, 0.717) is 16.6 Å². The van der Waals surface area contributed by atoms with Gasteiger partial charge in [-0.2, -0.15) is 0 Å². The lowest BCUT2D eigenvalue weighted by molar-refractivity contribution is -0.176. The maximum absolute atomic E-state index is 14.7. The number of amides is 4. The van der Waals surface area contributed by atoms with Gasteiger partial charge in [0, 0.05) is 41.0 Å². The standard InChI is InChI=1S/C52H75BN4O12/c1-30(2)24-39-49(62)66-35(10)46(59)55(12)42(27-33(7)8)52(65)69-44(29-37-20-22-38(53)23-21-37)48(61)57(14)40(25-31(3)4)50(63)67-34(9)45(58)54(11)41(26-32(5)6)51(64)68-43(47(60)56(39)13)28-36-18-16-15-17-19-36/h15-23,30-35,39-44H,24-29H2,1-14H3/t34-,35-,39+,40+,41+,42+,43-,44-/m1/s1. The summed E-state index contributed by atoms with van der Waals surface area (Å²) in [5.41, 5.74) is 1.68. The first-order valence-corrected chi connectivity index (χ1v) is 24.0. The van der Waals surface area contributed by atoms with Gasteiger partial charge in [0.2, 0.25) is 0 Å². The number of likely N-dealkylation sites (N-methyl/N-ethyl adjacent to an activating group) is 4. The van der Waals surface area contributed by atoms with Gasteiger partial charge in [-0.25, -0.2) is 19.2 Å². The van der Waals surface area contributed by atoms with E-state index in [2.05, 4.69) is 0 Å². The number of rotatable bonds is 12. The van der Waals surface area contributed by atoms with Crippen molar-refractivity contribution in [3.63, 3.8) is 0 Å². The van der Waals surface area contributed by atoms with Crippen molar-refractivity contribution in [2.75, 3.05) is 28.2 Å². The Hall–Kier alpha value is -5.74. The van der Waals surface area contributed by atoms with Gasteiger partial charge in [0.05, 0.1) is 0 Å². The van der Waals surface area contributed by atoms with Crippen molar-refractivity contribution < 1.29 is 57.3 Å². The number of carbonyl (C=O) groups is 8. The second-order valence-electron chi connectivity index (χ2n) is 20.0. The summed E-state index contributed by atoms with van der Waals surface area (Å²) in [6.07, 6.45) is -5.74. The predicted molar refractivity (Wildman–Crippen MR) is 261 cm³/mol.